The number of benzene rings is 3. The molecule has 0 unspecified atom stereocenters. The predicted molar refractivity (Wildman–Crippen MR) is 170 cm³/mol. The van der Waals surface area contributed by atoms with Crippen LogP contribution in [0.25, 0.3) is 0 Å². The number of carbonyl (C=O) groups is 2. The van der Waals surface area contributed by atoms with Gasteiger partial charge in [0.2, 0.25) is 0 Å². The maximum Gasteiger partial charge on any atom is 0.416 e. The van der Waals surface area contributed by atoms with Crippen LogP contribution >= 0.6 is 0 Å². The van der Waals surface area contributed by atoms with Gasteiger partial charge in [0.1, 0.15) is 0 Å². The zero-order valence-corrected chi connectivity index (χ0v) is 25.3. The molecular formula is C34H35F3N6O3. The SMILES string of the molecule is Cc1ccc(/C=N/NC(=O)c2cc(N3CCCCC3)ccc2NC(=O)c2cccc(Cn3cc(CCO)cn3)c2)cc1C(F)(F)F. The van der Waals surface area contributed by atoms with E-state index in [-0.39, 0.29) is 29.0 Å². The molecule has 46 heavy (non-hydrogen) atoms. The van der Waals surface area contributed by atoms with Crippen molar-refractivity contribution >= 4 is 29.4 Å². The minimum Gasteiger partial charge on any atom is -0.396 e. The Labute approximate surface area is 264 Å². The number of nitrogens with zero attached hydrogens (tertiary/aromatic N) is 4. The Hall–Kier alpha value is -4.97. The summed E-state index contributed by atoms with van der Waals surface area (Å²) in [6, 6.07) is 16.1. The smallest absolute Gasteiger partial charge is 0.396 e. The van der Waals surface area contributed by atoms with Crippen LogP contribution in [-0.4, -0.2) is 52.6 Å². The number of halogens is 3. The van der Waals surface area contributed by atoms with Crippen molar-refractivity contribution < 1.29 is 27.9 Å². The van der Waals surface area contributed by atoms with Crippen molar-refractivity contribution in [3.8, 4) is 0 Å². The van der Waals surface area contributed by atoms with E-state index in [1.165, 1.54) is 19.1 Å². The maximum atomic E-state index is 13.4. The Morgan fingerprint density at radius 2 is 1.80 bits per heavy atom. The van der Waals surface area contributed by atoms with Crippen molar-refractivity contribution in [2.75, 3.05) is 29.9 Å². The van der Waals surface area contributed by atoms with Gasteiger partial charge in [0, 0.05) is 37.1 Å². The summed E-state index contributed by atoms with van der Waals surface area (Å²) in [5.74, 6) is -1.05. The first-order valence-electron chi connectivity index (χ1n) is 15.0. The maximum absolute atomic E-state index is 13.4. The molecule has 3 N–H and O–H groups in total. The van der Waals surface area contributed by atoms with E-state index >= 15 is 0 Å². The highest BCUT2D eigenvalue weighted by Gasteiger charge is 2.32. The topological polar surface area (TPSA) is 112 Å². The Morgan fingerprint density at radius 3 is 2.57 bits per heavy atom. The number of anilines is 2. The van der Waals surface area contributed by atoms with Gasteiger partial charge in [-0.1, -0.05) is 24.3 Å². The minimum atomic E-state index is -4.51. The molecule has 2 amide bonds. The van der Waals surface area contributed by atoms with Gasteiger partial charge in [-0.15, -0.1) is 0 Å². The van der Waals surface area contributed by atoms with Crippen molar-refractivity contribution in [1.82, 2.24) is 15.2 Å². The molecule has 12 heteroatoms. The number of aliphatic hydroxyl groups excluding tert-OH is 1. The van der Waals surface area contributed by atoms with Crippen LogP contribution in [0.5, 0.6) is 0 Å². The molecule has 1 aliphatic heterocycles. The highest BCUT2D eigenvalue weighted by atomic mass is 19.4. The normalized spacial score (nSPS) is 13.6. The molecular weight excluding hydrogens is 597 g/mol. The van der Waals surface area contributed by atoms with Gasteiger partial charge in [-0.25, -0.2) is 5.43 Å². The van der Waals surface area contributed by atoms with Crippen molar-refractivity contribution in [3.63, 3.8) is 0 Å². The molecule has 0 spiro atoms. The van der Waals surface area contributed by atoms with Gasteiger partial charge in [0.05, 0.1) is 35.8 Å². The van der Waals surface area contributed by atoms with Crippen LogP contribution in [0, 0.1) is 6.92 Å². The quantitative estimate of drug-likeness (QED) is 0.151. The molecule has 0 atom stereocenters. The number of aliphatic hydroxyl groups is 1. The summed E-state index contributed by atoms with van der Waals surface area (Å²) in [6.07, 6.45) is 3.86. The first kappa shape index (κ1) is 32.4. The Bertz CT molecular complexity index is 1730. The third kappa shape index (κ3) is 8.19. The molecule has 4 aromatic rings. The highest BCUT2D eigenvalue weighted by Crippen LogP contribution is 2.32. The molecule has 1 aliphatic rings. The van der Waals surface area contributed by atoms with Crippen LogP contribution in [-0.2, 0) is 19.1 Å². The van der Waals surface area contributed by atoms with Gasteiger partial charge >= 0.3 is 6.18 Å². The van der Waals surface area contributed by atoms with Gasteiger partial charge < -0.3 is 15.3 Å². The number of aromatic nitrogens is 2. The van der Waals surface area contributed by atoms with E-state index in [0.29, 0.717) is 18.5 Å². The number of amides is 2. The number of piperidine rings is 1. The van der Waals surface area contributed by atoms with E-state index in [1.54, 1.807) is 41.2 Å². The van der Waals surface area contributed by atoms with Crippen LogP contribution in [0.3, 0.4) is 0 Å². The van der Waals surface area contributed by atoms with Crippen molar-refractivity contribution in [1.29, 1.82) is 0 Å². The average molecular weight is 633 g/mol. The summed E-state index contributed by atoms with van der Waals surface area (Å²) in [6.45, 7) is 3.51. The highest BCUT2D eigenvalue weighted by molar-refractivity contribution is 6.09. The largest absolute Gasteiger partial charge is 0.416 e. The van der Waals surface area contributed by atoms with E-state index in [1.807, 2.05) is 18.3 Å². The third-order valence-corrected chi connectivity index (χ3v) is 7.78. The second-order valence-electron chi connectivity index (χ2n) is 11.2. The standard InChI is InChI=1S/C34H35F3N6O3/c1-23-8-9-24(17-30(23)34(35,36)37)19-38-41-33(46)29-18-28(42-13-3-2-4-14-42)10-11-31(29)40-32(45)27-7-5-6-25(16-27)21-43-22-26(12-15-44)20-39-43/h5-11,16-20,22,44H,2-4,12-15,21H2,1H3,(H,40,45)(H,41,46)/b38-19+. The molecule has 0 radical (unpaired) electrons. The van der Waals surface area contributed by atoms with E-state index < -0.39 is 23.6 Å². The predicted octanol–water partition coefficient (Wildman–Crippen LogP) is 5.80. The van der Waals surface area contributed by atoms with Crippen LogP contribution in [0.2, 0.25) is 0 Å². The molecule has 0 aliphatic carbocycles. The lowest BCUT2D eigenvalue weighted by Gasteiger charge is -2.29. The van der Waals surface area contributed by atoms with E-state index in [9.17, 15) is 22.8 Å². The van der Waals surface area contributed by atoms with Crippen molar-refractivity contribution in [2.45, 2.75) is 45.3 Å². The van der Waals surface area contributed by atoms with Crippen LogP contribution < -0.4 is 15.6 Å². The zero-order valence-electron chi connectivity index (χ0n) is 25.3. The van der Waals surface area contributed by atoms with Gasteiger partial charge in [0.15, 0.2) is 0 Å². The lowest BCUT2D eigenvalue weighted by Crippen LogP contribution is -2.30. The van der Waals surface area contributed by atoms with Gasteiger partial charge in [-0.05, 0) is 91.3 Å². The zero-order chi connectivity index (χ0) is 32.7. The molecule has 240 valence electrons. The van der Waals surface area contributed by atoms with Gasteiger partial charge in [0.25, 0.3) is 11.8 Å². The molecule has 5 rings (SSSR count). The molecule has 9 nitrogen and oxygen atoms in total. The van der Waals surface area contributed by atoms with E-state index in [0.717, 1.165) is 61.4 Å². The Kier molecular flexibility index (Phi) is 10.2. The fourth-order valence-electron chi connectivity index (χ4n) is 5.37. The Morgan fingerprint density at radius 1 is 1.00 bits per heavy atom. The lowest BCUT2D eigenvalue weighted by molar-refractivity contribution is -0.138. The monoisotopic (exact) mass is 632 g/mol. The minimum absolute atomic E-state index is 0.0300. The molecule has 1 fully saturated rings. The summed E-state index contributed by atoms with van der Waals surface area (Å²) in [5.41, 5.74) is 5.26. The van der Waals surface area contributed by atoms with E-state index in [4.69, 9.17) is 5.11 Å². The molecule has 1 aromatic heterocycles. The number of nitrogens with one attached hydrogen (secondary N) is 2. The number of alkyl halides is 3. The van der Waals surface area contributed by atoms with Crippen LogP contribution in [0.1, 0.15) is 67.8 Å². The summed E-state index contributed by atoms with van der Waals surface area (Å²) >= 11 is 0. The van der Waals surface area contributed by atoms with Gasteiger partial charge in [-0.3, -0.25) is 14.3 Å². The number of rotatable bonds is 10. The third-order valence-electron chi connectivity index (χ3n) is 7.78. The number of hydrogen-bond donors (Lipinski definition) is 3. The van der Waals surface area contributed by atoms with Gasteiger partial charge in [-0.2, -0.15) is 23.4 Å². The number of hydrazone groups is 1. The Balaban J connectivity index is 1.35. The van der Waals surface area contributed by atoms with Crippen molar-refractivity contribution in [2.24, 2.45) is 5.10 Å². The van der Waals surface area contributed by atoms with E-state index in [2.05, 4.69) is 25.8 Å². The average Bonchev–Trinajstić information content (AvgIpc) is 3.48. The summed E-state index contributed by atoms with van der Waals surface area (Å²) in [5, 5.41) is 20.2. The first-order valence-corrected chi connectivity index (χ1v) is 15.0. The van der Waals surface area contributed by atoms with Crippen LogP contribution in [0.4, 0.5) is 24.5 Å². The lowest BCUT2D eigenvalue weighted by atomic mass is 10.1. The second kappa shape index (κ2) is 14.4. The fraction of sp³-hybridized carbons (Fsp3) is 0.294. The summed E-state index contributed by atoms with van der Waals surface area (Å²) in [7, 11) is 0. The fourth-order valence-corrected chi connectivity index (χ4v) is 5.37. The summed E-state index contributed by atoms with van der Waals surface area (Å²) in [4.78, 5) is 29.0. The number of aryl methyl sites for hydroxylation is 1. The number of hydrogen-bond acceptors (Lipinski definition) is 6. The molecule has 0 bridgehead atoms. The summed E-state index contributed by atoms with van der Waals surface area (Å²) < 4.78 is 41.8. The molecule has 2 heterocycles. The molecule has 0 saturated carbocycles. The molecule has 1 saturated heterocycles. The van der Waals surface area contributed by atoms with Crippen molar-refractivity contribution in [3.05, 3.63) is 112 Å². The molecule has 3 aromatic carbocycles. The van der Waals surface area contributed by atoms with Crippen LogP contribution in [0.15, 0.2) is 78.2 Å². The second-order valence-corrected chi connectivity index (χ2v) is 11.2. The number of carbonyl (C=O) groups excluding carboxylic acids is 2. The first-order chi connectivity index (χ1) is 22.1.